The highest BCUT2D eigenvalue weighted by atomic mass is 19.1. The summed E-state index contributed by atoms with van der Waals surface area (Å²) in [5, 5.41) is 0. The SMILES string of the molecule is O=C1CC(CCc2ccccc2F)NNC1=O. The van der Waals surface area contributed by atoms with Crippen molar-refractivity contribution in [2.24, 2.45) is 0 Å². The molecule has 17 heavy (non-hydrogen) atoms. The van der Waals surface area contributed by atoms with Crippen molar-refractivity contribution in [3.8, 4) is 0 Å². The Bertz CT molecular complexity index is 448. The van der Waals surface area contributed by atoms with Gasteiger partial charge < -0.3 is 0 Å². The summed E-state index contributed by atoms with van der Waals surface area (Å²) in [6.07, 6.45) is 1.31. The number of rotatable bonds is 3. The van der Waals surface area contributed by atoms with E-state index in [2.05, 4.69) is 10.9 Å². The third-order valence-corrected chi connectivity index (χ3v) is 2.79. The van der Waals surface area contributed by atoms with Crippen LogP contribution in [0.25, 0.3) is 0 Å². The molecule has 1 saturated heterocycles. The Hall–Kier alpha value is -1.75. The lowest BCUT2D eigenvalue weighted by atomic mass is 10.00. The number of aryl methyl sites for hydroxylation is 1. The number of ketones is 1. The Morgan fingerprint density at radius 1 is 1.29 bits per heavy atom. The van der Waals surface area contributed by atoms with Crippen molar-refractivity contribution in [1.29, 1.82) is 0 Å². The average molecular weight is 236 g/mol. The second kappa shape index (κ2) is 5.05. The first-order valence-corrected chi connectivity index (χ1v) is 5.49. The standard InChI is InChI=1S/C12H13FN2O2/c13-10-4-2-1-3-8(10)5-6-9-7-11(16)12(17)15-14-9/h1-4,9,14H,5-7H2,(H,15,17). The molecule has 1 atom stereocenters. The predicted molar refractivity (Wildman–Crippen MR) is 59.4 cm³/mol. The van der Waals surface area contributed by atoms with E-state index in [0.717, 1.165) is 0 Å². The van der Waals surface area contributed by atoms with E-state index in [9.17, 15) is 14.0 Å². The molecular weight excluding hydrogens is 223 g/mol. The predicted octanol–water partition coefficient (Wildman–Crippen LogP) is 0.720. The second-order valence-corrected chi connectivity index (χ2v) is 4.05. The molecule has 5 heteroatoms. The fourth-order valence-corrected chi connectivity index (χ4v) is 1.81. The third kappa shape index (κ3) is 2.88. The minimum Gasteiger partial charge on any atom is -0.289 e. The van der Waals surface area contributed by atoms with Crippen LogP contribution in [0.4, 0.5) is 4.39 Å². The number of carbonyl (C=O) groups excluding carboxylic acids is 2. The van der Waals surface area contributed by atoms with Crippen molar-refractivity contribution in [2.75, 3.05) is 0 Å². The molecule has 90 valence electrons. The van der Waals surface area contributed by atoms with Gasteiger partial charge in [-0.1, -0.05) is 18.2 Å². The summed E-state index contributed by atoms with van der Waals surface area (Å²) >= 11 is 0. The Kier molecular flexibility index (Phi) is 3.49. The number of halogens is 1. The lowest BCUT2D eigenvalue weighted by Crippen LogP contribution is -2.53. The topological polar surface area (TPSA) is 58.2 Å². The van der Waals surface area contributed by atoms with Gasteiger partial charge in [-0.25, -0.2) is 9.82 Å². The van der Waals surface area contributed by atoms with Gasteiger partial charge in [-0.05, 0) is 24.5 Å². The monoisotopic (exact) mass is 236 g/mol. The van der Waals surface area contributed by atoms with Crippen LogP contribution in [-0.4, -0.2) is 17.7 Å². The number of hydrogen-bond donors (Lipinski definition) is 2. The Morgan fingerprint density at radius 3 is 2.76 bits per heavy atom. The van der Waals surface area contributed by atoms with Crippen molar-refractivity contribution in [2.45, 2.75) is 25.3 Å². The van der Waals surface area contributed by atoms with E-state index in [-0.39, 0.29) is 18.3 Å². The van der Waals surface area contributed by atoms with Crippen LogP contribution in [0, 0.1) is 5.82 Å². The average Bonchev–Trinajstić information content (AvgIpc) is 2.32. The van der Waals surface area contributed by atoms with Gasteiger partial charge in [0.25, 0.3) is 0 Å². The summed E-state index contributed by atoms with van der Waals surface area (Å²) in [5.41, 5.74) is 5.67. The number of nitrogens with one attached hydrogen (secondary N) is 2. The first kappa shape index (κ1) is 11.7. The number of benzene rings is 1. The summed E-state index contributed by atoms with van der Waals surface area (Å²) in [5.74, 6) is -1.27. The Morgan fingerprint density at radius 2 is 2.06 bits per heavy atom. The second-order valence-electron chi connectivity index (χ2n) is 4.05. The van der Waals surface area contributed by atoms with Gasteiger partial charge in [0.15, 0.2) is 0 Å². The molecule has 1 unspecified atom stereocenters. The number of amides is 1. The van der Waals surface area contributed by atoms with E-state index in [0.29, 0.717) is 18.4 Å². The zero-order valence-electron chi connectivity index (χ0n) is 9.20. The van der Waals surface area contributed by atoms with Gasteiger partial charge >= 0.3 is 5.91 Å². The van der Waals surface area contributed by atoms with E-state index >= 15 is 0 Å². The third-order valence-electron chi connectivity index (χ3n) is 2.79. The molecule has 0 bridgehead atoms. The van der Waals surface area contributed by atoms with Crippen LogP contribution in [0.1, 0.15) is 18.4 Å². The fourth-order valence-electron chi connectivity index (χ4n) is 1.81. The molecule has 1 fully saturated rings. The van der Waals surface area contributed by atoms with E-state index in [1.807, 2.05) is 0 Å². The molecule has 1 heterocycles. The summed E-state index contributed by atoms with van der Waals surface area (Å²) in [4.78, 5) is 22.0. The Balaban J connectivity index is 1.89. The minimum atomic E-state index is -0.604. The van der Waals surface area contributed by atoms with Gasteiger partial charge in [-0.2, -0.15) is 0 Å². The molecule has 2 N–H and O–H groups in total. The quantitative estimate of drug-likeness (QED) is 0.760. The van der Waals surface area contributed by atoms with E-state index < -0.39 is 11.7 Å². The van der Waals surface area contributed by atoms with E-state index in [4.69, 9.17) is 0 Å². The largest absolute Gasteiger partial charge is 0.301 e. The van der Waals surface area contributed by atoms with Crippen molar-refractivity contribution in [3.05, 3.63) is 35.6 Å². The maximum atomic E-state index is 13.3. The summed E-state index contributed by atoms with van der Waals surface area (Å²) in [6.45, 7) is 0. The van der Waals surface area contributed by atoms with Crippen molar-refractivity contribution in [1.82, 2.24) is 10.9 Å². The molecule has 0 spiro atoms. The summed E-state index contributed by atoms with van der Waals surface area (Å²) < 4.78 is 13.3. The lowest BCUT2D eigenvalue weighted by molar-refractivity contribution is -0.141. The van der Waals surface area contributed by atoms with Crippen LogP contribution in [0.5, 0.6) is 0 Å². The molecule has 0 saturated carbocycles. The van der Waals surface area contributed by atoms with Crippen LogP contribution in [0.3, 0.4) is 0 Å². The first-order valence-electron chi connectivity index (χ1n) is 5.49. The molecular formula is C12H13FN2O2. The molecule has 0 aromatic heterocycles. The van der Waals surface area contributed by atoms with Gasteiger partial charge in [-0.3, -0.25) is 15.0 Å². The molecule has 1 aliphatic rings. The van der Waals surface area contributed by atoms with Gasteiger partial charge in [0.05, 0.1) is 0 Å². The van der Waals surface area contributed by atoms with Crippen LogP contribution in [0.15, 0.2) is 24.3 Å². The number of Topliss-reactive ketones (excluding diaryl/α,β-unsaturated/α-hetero) is 1. The van der Waals surface area contributed by atoms with Gasteiger partial charge in [0.2, 0.25) is 5.78 Å². The van der Waals surface area contributed by atoms with Gasteiger partial charge in [0, 0.05) is 12.5 Å². The zero-order valence-corrected chi connectivity index (χ0v) is 9.20. The maximum absolute atomic E-state index is 13.3. The highest BCUT2D eigenvalue weighted by Gasteiger charge is 2.25. The number of carbonyl (C=O) groups is 2. The van der Waals surface area contributed by atoms with Crippen LogP contribution < -0.4 is 10.9 Å². The molecule has 4 nitrogen and oxygen atoms in total. The van der Waals surface area contributed by atoms with Crippen LogP contribution >= 0.6 is 0 Å². The normalized spacial score (nSPS) is 20.2. The van der Waals surface area contributed by atoms with Crippen LogP contribution in [0.2, 0.25) is 0 Å². The zero-order chi connectivity index (χ0) is 12.3. The molecule has 0 aliphatic carbocycles. The van der Waals surface area contributed by atoms with Crippen LogP contribution in [-0.2, 0) is 16.0 Å². The molecule has 1 amide bonds. The Labute approximate surface area is 98.2 Å². The molecule has 2 rings (SSSR count). The highest BCUT2D eigenvalue weighted by Crippen LogP contribution is 2.12. The first-order chi connectivity index (χ1) is 8.16. The van der Waals surface area contributed by atoms with Gasteiger partial charge in [-0.15, -0.1) is 0 Å². The molecule has 0 radical (unpaired) electrons. The summed E-state index contributed by atoms with van der Waals surface area (Å²) in [7, 11) is 0. The molecule has 1 aromatic rings. The van der Waals surface area contributed by atoms with Crippen molar-refractivity contribution in [3.63, 3.8) is 0 Å². The maximum Gasteiger partial charge on any atom is 0.301 e. The number of hydrogen-bond acceptors (Lipinski definition) is 3. The summed E-state index contributed by atoms with van der Waals surface area (Å²) in [6, 6.07) is 6.43. The van der Waals surface area contributed by atoms with Crippen molar-refractivity contribution < 1.29 is 14.0 Å². The molecule has 1 aliphatic heterocycles. The number of hydrazine groups is 1. The van der Waals surface area contributed by atoms with Gasteiger partial charge in [0.1, 0.15) is 5.82 Å². The van der Waals surface area contributed by atoms with E-state index in [1.165, 1.54) is 6.07 Å². The van der Waals surface area contributed by atoms with Crippen molar-refractivity contribution >= 4 is 11.7 Å². The fraction of sp³-hybridized carbons (Fsp3) is 0.333. The smallest absolute Gasteiger partial charge is 0.289 e. The minimum absolute atomic E-state index is 0.125. The molecule has 1 aromatic carbocycles. The lowest BCUT2D eigenvalue weighted by Gasteiger charge is -2.22. The highest BCUT2D eigenvalue weighted by molar-refractivity contribution is 6.36. The van der Waals surface area contributed by atoms with E-state index in [1.54, 1.807) is 18.2 Å².